The lowest BCUT2D eigenvalue weighted by molar-refractivity contribution is -0.129. The SMILES string of the molecule is C/C(=N/Nc1nnc(C)c(=O)[nH]1)C(=O)O. The van der Waals surface area contributed by atoms with Gasteiger partial charge in [-0.2, -0.15) is 5.10 Å². The highest BCUT2D eigenvalue weighted by Crippen LogP contribution is 1.91. The van der Waals surface area contributed by atoms with Crippen molar-refractivity contribution < 1.29 is 9.90 Å². The first-order chi connectivity index (χ1) is 7.00. The fourth-order valence-electron chi connectivity index (χ4n) is 0.628. The van der Waals surface area contributed by atoms with E-state index in [-0.39, 0.29) is 17.4 Å². The molecule has 0 radical (unpaired) electrons. The second kappa shape index (κ2) is 4.31. The standard InChI is InChI=1S/C7H9N5O3/c1-3-5(13)8-7(11-9-3)12-10-4(2)6(14)15/h1-2H3,(H,14,15)(H2,8,11,12,13)/b10-4-. The van der Waals surface area contributed by atoms with Gasteiger partial charge in [0.15, 0.2) is 0 Å². The lowest BCUT2D eigenvalue weighted by atomic mass is 10.4. The number of carboxylic acid groups (broad SMARTS) is 1. The van der Waals surface area contributed by atoms with Crippen molar-refractivity contribution in [2.45, 2.75) is 13.8 Å². The molecule has 1 aromatic rings. The number of carboxylic acids is 1. The minimum atomic E-state index is -1.16. The minimum absolute atomic E-state index is 0.00815. The quantitative estimate of drug-likeness (QED) is 0.451. The van der Waals surface area contributed by atoms with Gasteiger partial charge in [-0.25, -0.2) is 10.2 Å². The molecule has 8 nitrogen and oxygen atoms in total. The van der Waals surface area contributed by atoms with Gasteiger partial charge in [0.2, 0.25) is 5.95 Å². The molecule has 15 heavy (non-hydrogen) atoms. The van der Waals surface area contributed by atoms with Crippen molar-refractivity contribution in [3.8, 4) is 0 Å². The molecule has 1 heterocycles. The number of aliphatic carboxylic acids is 1. The van der Waals surface area contributed by atoms with E-state index in [2.05, 4.69) is 25.7 Å². The summed E-state index contributed by atoms with van der Waals surface area (Å²) in [4.78, 5) is 23.7. The Hall–Kier alpha value is -2.25. The van der Waals surface area contributed by atoms with Crippen LogP contribution in [0.15, 0.2) is 9.90 Å². The van der Waals surface area contributed by atoms with E-state index in [1.54, 1.807) is 0 Å². The fraction of sp³-hybridized carbons (Fsp3) is 0.286. The lowest BCUT2D eigenvalue weighted by Crippen LogP contribution is -2.17. The summed E-state index contributed by atoms with van der Waals surface area (Å²) in [7, 11) is 0. The Labute approximate surface area is 84.1 Å². The van der Waals surface area contributed by atoms with Crippen LogP contribution in [0.4, 0.5) is 5.95 Å². The second-order valence-electron chi connectivity index (χ2n) is 2.70. The maximum absolute atomic E-state index is 11.1. The molecule has 0 unspecified atom stereocenters. The molecule has 8 heteroatoms. The number of rotatable bonds is 3. The third kappa shape index (κ3) is 2.86. The van der Waals surface area contributed by atoms with Crippen LogP contribution in [0.25, 0.3) is 0 Å². The molecular formula is C7H9N5O3. The van der Waals surface area contributed by atoms with Gasteiger partial charge in [-0.1, -0.05) is 0 Å². The van der Waals surface area contributed by atoms with Crippen LogP contribution in [0.3, 0.4) is 0 Å². The molecule has 0 fully saturated rings. The molecule has 0 aliphatic heterocycles. The van der Waals surface area contributed by atoms with Crippen molar-refractivity contribution in [1.82, 2.24) is 15.2 Å². The van der Waals surface area contributed by atoms with Crippen LogP contribution < -0.4 is 11.0 Å². The topological polar surface area (TPSA) is 120 Å². The predicted molar refractivity (Wildman–Crippen MR) is 51.8 cm³/mol. The van der Waals surface area contributed by atoms with Gasteiger partial charge in [-0.3, -0.25) is 9.78 Å². The predicted octanol–water partition coefficient (Wildman–Crippen LogP) is -0.654. The summed E-state index contributed by atoms with van der Waals surface area (Å²) in [5.41, 5.74) is 1.93. The maximum atomic E-state index is 11.1. The van der Waals surface area contributed by atoms with Crippen molar-refractivity contribution >= 4 is 17.6 Å². The second-order valence-corrected chi connectivity index (χ2v) is 2.70. The average Bonchev–Trinajstić information content (AvgIpc) is 2.19. The summed E-state index contributed by atoms with van der Waals surface area (Å²) in [5.74, 6) is -1.17. The van der Waals surface area contributed by atoms with Crippen LogP contribution in [0.1, 0.15) is 12.6 Å². The molecule has 0 aliphatic rings. The Bertz CT molecular complexity index is 464. The summed E-state index contributed by atoms with van der Waals surface area (Å²) in [5, 5.41) is 19.0. The van der Waals surface area contributed by atoms with Crippen LogP contribution >= 0.6 is 0 Å². The highest BCUT2D eigenvalue weighted by atomic mass is 16.4. The molecule has 0 aromatic carbocycles. The van der Waals surface area contributed by atoms with Crippen LogP contribution in [0, 0.1) is 6.92 Å². The van der Waals surface area contributed by atoms with Gasteiger partial charge < -0.3 is 5.11 Å². The first kappa shape index (κ1) is 10.8. The van der Waals surface area contributed by atoms with Gasteiger partial charge in [0, 0.05) is 0 Å². The minimum Gasteiger partial charge on any atom is -0.477 e. The van der Waals surface area contributed by atoms with E-state index in [9.17, 15) is 9.59 Å². The highest BCUT2D eigenvalue weighted by Gasteiger charge is 2.02. The van der Waals surface area contributed by atoms with Crippen molar-refractivity contribution in [2.75, 3.05) is 5.43 Å². The first-order valence-corrected chi connectivity index (χ1v) is 3.98. The molecule has 1 aromatic heterocycles. The number of aromatic nitrogens is 3. The zero-order chi connectivity index (χ0) is 11.4. The van der Waals surface area contributed by atoms with Crippen LogP contribution in [-0.4, -0.2) is 32.0 Å². The van der Waals surface area contributed by atoms with Gasteiger partial charge in [0.1, 0.15) is 11.4 Å². The number of hydrogen-bond donors (Lipinski definition) is 3. The number of nitrogens with zero attached hydrogens (tertiary/aromatic N) is 3. The van der Waals surface area contributed by atoms with Gasteiger partial charge in [-0.05, 0) is 13.8 Å². The number of hydrazone groups is 1. The normalized spacial score (nSPS) is 11.2. The number of nitrogens with one attached hydrogen (secondary N) is 2. The third-order valence-electron chi connectivity index (χ3n) is 1.50. The number of anilines is 1. The van der Waals surface area contributed by atoms with E-state index < -0.39 is 11.5 Å². The molecule has 0 saturated carbocycles. The first-order valence-electron chi connectivity index (χ1n) is 3.98. The Morgan fingerprint density at radius 3 is 2.73 bits per heavy atom. The maximum Gasteiger partial charge on any atom is 0.351 e. The fourth-order valence-corrected chi connectivity index (χ4v) is 0.628. The number of H-pyrrole nitrogens is 1. The monoisotopic (exact) mass is 211 g/mol. The van der Waals surface area contributed by atoms with E-state index in [0.29, 0.717) is 0 Å². The zero-order valence-corrected chi connectivity index (χ0v) is 8.11. The van der Waals surface area contributed by atoms with Crippen molar-refractivity contribution in [3.63, 3.8) is 0 Å². The van der Waals surface area contributed by atoms with Gasteiger partial charge in [0.05, 0.1) is 0 Å². The summed E-state index contributed by atoms with van der Waals surface area (Å²) < 4.78 is 0. The van der Waals surface area contributed by atoms with Crippen molar-refractivity contribution in [3.05, 3.63) is 16.0 Å². The van der Waals surface area contributed by atoms with Crippen molar-refractivity contribution in [2.24, 2.45) is 5.10 Å². The highest BCUT2D eigenvalue weighted by molar-refractivity contribution is 6.34. The molecular weight excluding hydrogens is 202 g/mol. The molecule has 80 valence electrons. The van der Waals surface area contributed by atoms with Gasteiger partial charge in [-0.15, -0.1) is 10.2 Å². The third-order valence-corrected chi connectivity index (χ3v) is 1.50. The Kier molecular flexibility index (Phi) is 3.11. The van der Waals surface area contributed by atoms with Gasteiger partial charge >= 0.3 is 5.97 Å². The molecule has 0 spiro atoms. The van der Waals surface area contributed by atoms with E-state index in [4.69, 9.17) is 5.11 Å². The molecule has 0 saturated heterocycles. The lowest BCUT2D eigenvalue weighted by Gasteiger charge is -1.98. The van der Waals surface area contributed by atoms with Crippen LogP contribution in [-0.2, 0) is 4.79 Å². The van der Waals surface area contributed by atoms with E-state index in [1.165, 1.54) is 13.8 Å². The molecule has 1 rings (SSSR count). The largest absolute Gasteiger partial charge is 0.477 e. The average molecular weight is 211 g/mol. The number of carbonyl (C=O) groups is 1. The Morgan fingerprint density at radius 1 is 1.53 bits per heavy atom. The molecule has 3 N–H and O–H groups in total. The number of aryl methyl sites for hydroxylation is 1. The zero-order valence-electron chi connectivity index (χ0n) is 8.11. The molecule has 0 atom stereocenters. The van der Waals surface area contributed by atoms with Crippen LogP contribution in [0.2, 0.25) is 0 Å². The Balaban J connectivity index is 2.83. The number of aromatic amines is 1. The Morgan fingerprint density at radius 2 is 2.20 bits per heavy atom. The molecule has 0 aliphatic carbocycles. The summed E-state index contributed by atoms with van der Waals surface area (Å²) in [6.45, 7) is 2.80. The van der Waals surface area contributed by atoms with E-state index in [1.807, 2.05) is 0 Å². The smallest absolute Gasteiger partial charge is 0.351 e. The van der Waals surface area contributed by atoms with E-state index in [0.717, 1.165) is 0 Å². The van der Waals surface area contributed by atoms with E-state index >= 15 is 0 Å². The van der Waals surface area contributed by atoms with Crippen molar-refractivity contribution in [1.29, 1.82) is 0 Å². The summed E-state index contributed by atoms with van der Waals surface area (Å²) >= 11 is 0. The summed E-state index contributed by atoms with van der Waals surface area (Å²) in [6.07, 6.45) is 0. The molecule has 0 bridgehead atoms. The van der Waals surface area contributed by atoms with Gasteiger partial charge in [0.25, 0.3) is 5.56 Å². The number of hydrogen-bond acceptors (Lipinski definition) is 6. The van der Waals surface area contributed by atoms with Crippen LogP contribution in [0.5, 0.6) is 0 Å². The summed E-state index contributed by atoms with van der Waals surface area (Å²) in [6, 6.07) is 0. The molecule has 0 amide bonds.